The van der Waals surface area contributed by atoms with Crippen LogP contribution in [-0.2, 0) is 0 Å². The maximum absolute atomic E-state index is 13.2. The SMILES string of the molecule is N=C(N)c1cc(F)ccc1N1CCCC(C(F)(F)F)C1. The van der Waals surface area contributed by atoms with E-state index in [2.05, 4.69) is 0 Å². The van der Waals surface area contributed by atoms with E-state index in [0.717, 1.165) is 6.07 Å². The Bertz CT molecular complexity index is 513. The number of nitrogens with two attached hydrogens (primary N) is 1. The summed E-state index contributed by atoms with van der Waals surface area (Å²) in [5.41, 5.74) is 5.89. The lowest BCUT2D eigenvalue weighted by Gasteiger charge is -2.36. The lowest BCUT2D eigenvalue weighted by molar-refractivity contribution is -0.175. The standard InChI is InChI=1S/C13H15F4N3/c14-9-3-4-11(10(6-9)12(18)19)20-5-1-2-8(7-20)13(15,16)17/h3-4,6,8H,1-2,5,7H2,(H3,18,19). The molecule has 0 spiro atoms. The molecule has 0 aromatic heterocycles. The largest absolute Gasteiger partial charge is 0.393 e. The number of anilines is 1. The van der Waals surface area contributed by atoms with Gasteiger partial charge in [-0.25, -0.2) is 4.39 Å². The van der Waals surface area contributed by atoms with Crippen molar-refractivity contribution in [2.45, 2.75) is 19.0 Å². The average molecular weight is 289 g/mol. The highest BCUT2D eigenvalue weighted by molar-refractivity contribution is 6.00. The highest BCUT2D eigenvalue weighted by Gasteiger charge is 2.42. The molecule has 2 rings (SSSR count). The molecule has 0 saturated carbocycles. The van der Waals surface area contributed by atoms with Crippen molar-refractivity contribution in [3.05, 3.63) is 29.6 Å². The Kier molecular flexibility index (Phi) is 3.87. The van der Waals surface area contributed by atoms with E-state index in [4.69, 9.17) is 11.1 Å². The van der Waals surface area contributed by atoms with E-state index in [1.54, 1.807) is 0 Å². The highest BCUT2D eigenvalue weighted by atomic mass is 19.4. The first-order valence-corrected chi connectivity index (χ1v) is 6.24. The zero-order valence-corrected chi connectivity index (χ0v) is 10.7. The van der Waals surface area contributed by atoms with Gasteiger partial charge in [0.2, 0.25) is 0 Å². The van der Waals surface area contributed by atoms with Gasteiger partial charge in [0.1, 0.15) is 11.7 Å². The zero-order chi connectivity index (χ0) is 14.9. The number of alkyl halides is 3. The number of nitrogens with zero attached hydrogens (tertiary/aromatic N) is 1. The molecule has 0 amide bonds. The normalized spacial score (nSPS) is 20.0. The van der Waals surface area contributed by atoms with Gasteiger partial charge < -0.3 is 10.6 Å². The van der Waals surface area contributed by atoms with Crippen molar-refractivity contribution in [2.24, 2.45) is 11.7 Å². The van der Waals surface area contributed by atoms with Crippen LogP contribution in [0.15, 0.2) is 18.2 Å². The first kappa shape index (κ1) is 14.6. The smallest absolute Gasteiger partial charge is 0.384 e. The molecule has 1 aliphatic heterocycles. The number of nitrogen functional groups attached to an aromatic ring is 1. The Morgan fingerprint density at radius 1 is 1.35 bits per heavy atom. The van der Waals surface area contributed by atoms with Gasteiger partial charge in [-0.2, -0.15) is 13.2 Å². The number of amidine groups is 1. The van der Waals surface area contributed by atoms with E-state index in [1.807, 2.05) is 0 Å². The first-order chi connectivity index (χ1) is 9.29. The quantitative estimate of drug-likeness (QED) is 0.500. The summed E-state index contributed by atoms with van der Waals surface area (Å²) in [5, 5.41) is 7.43. The van der Waals surface area contributed by atoms with Gasteiger partial charge >= 0.3 is 6.18 Å². The maximum atomic E-state index is 13.2. The molecule has 1 fully saturated rings. The number of hydrogen-bond acceptors (Lipinski definition) is 2. The summed E-state index contributed by atoms with van der Waals surface area (Å²) in [7, 11) is 0. The van der Waals surface area contributed by atoms with Crippen LogP contribution in [0.2, 0.25) is 0 Å². The molecule has 1 atom stereocenters. The number of halogens is 4. The summed E-state index contributed by atoms with van der Waals surface area (Å²) < 4.78 is 51.6. The third-order valence-corrected chi connectivity index (χ3v) is 3.47. The van der Waals surface area contributed by atoms with Gasteiger partial charge in [-0.15, -0.1) is 0 Å². The van der Waals surface area contributed by atoms with Gasteiger partial charge in [0.15, 0.2) is 0 Å². The Morgan fingerprint density at radius 3 is 2.65 bits per heavy atom. The van der Waals surface area contributed by atoms with Crippen molar-refractivity contribution >= 4 is 11.5 Å². The summed E-state index contributed by atoms with van der Waals surface area (Å²) in [4.78, 5) is 1.53. The van der Waals surface area contributed by atoms with Crippen LogP contribution in [0.4, 0.5) is 23.2 Å². The molecule has 7 heteroatoms. The van der Waals surface area contributed by atoms with Crippen LogP contribution < -0.4 is 10.6 Å². The van der Waals surface area contributed by atoms with Crippen molar-refractivity contribution in [2.75, 3.05) is 18.0 Å². The minimum Gasteiger partial charge on any atom is -0.384 e. The monoisotopic (exact) mass is 289 g/mol. The number of rotatable bonds is 2. The Labute approximate surface area is 113 Å². The highest BCUT2D eigenvalue weighted by Crippen LogP contribution is 2.35. The fourth-order valence-corrected chi connectivity index (χ4v) is 2.46. The molecule has 1 aromatic rings. The molecule has 1 aliphatic rings. The van der Waals surface area contributed by atoms with Crippen LogP contribution in [0.5, 0.6) is 0 Å². The third-order valence-electron chi connectivity index (χ3n) is 3.47. The van der Waals surface area contributed by atoms with Gasteiger partial charge in [0, 0.05) is 24.3 Å². The minimum absolute atomic E-state index is 0.0938. The predicted molar refractivity (Wildman–Crippen MR) is 68.4 cm³/mol. The Hall–Kier alpha value is -1.79. The molecule has 3 nitrogen and oxygen atoms in total. The second-order valence-electron chi connectivity index (χ2n) is 4.90. The lowest BCUT2D eigenvalue weighted by atomic mass is 9.96. The zero-order valence-electron chi connectivity index (χ0n) is 10.7. The molecule has 0 bridgehead atoms. The third kappa shape index (κ3) is 3.02. The second kappa shape index (κ2) is 5.30. The van der Waals surface area contributed by atoms with Crippen LogP contribution in [-0.4, -0.2) is 25.1 Å². The summed E-state index contributed by atoms with van der Waals surface area (Å²) in [6.07, 6.45) is -3.75. The molecule has 1 saturated heterocycles. The summed E-state index contributed by atoms with van der Waals surface area (Å²) in [5.74, 6) is -2.32. The van der Waals surface area contributed by atoms with Gasteiger partial charge in [0.25, 0.3) is 0 Å². The topological polar surface area (TPSA) is 53.1 Å². The molecule has 0 radical (unpaired) electrons. The van der Waals surface area contributed by atoms with E-state index in [0.29, 0.717) is 18.7 Å². The number of hydrogen-bond donors (Lipinski definition) is 2. The number of piperidine rings is 1. The fraction of sp³-hybridized carbons (Fsp3) is 0.462. The van der Waals surface area contributed by atoms with Crippen LogP contribution >= 0.6 is 0 Å². The molecule has 1 unspecified atom stereocenters. The molecular formula is C13H15F4N3. The molecular weight excluding hydrogens is 274 g/mol. The van der Waals surface area contributed by atoms with Crippen LogP contribution in [0.1, 0.15) is 18.4 Å². The fourth-order valence-electron chi connectivity index (χ4n) is 2.46. The average Bonchev–Trinajstić information content (AvgIpc) is 2.37. The second-order valence-corrected chi connectivity index (χ2v) is 4.90. The molecule has 110 valence electrons. The Morgan fingerprint density at radius 2 is 2.05 bits per heavy atom. The van der Waals surface area contributed by atoms with Gasteiger partial charge in [-0.3, -0.25) is 5.41 Å². The van der Waals surface area contributed by atoms with Crippen molar-refractivity contribution < 1.29 is 17.6 Å². The van der Waals surface area contributed by atoms with E-state index in [9.17, 15) is 17.6 Å². The van der Waals surface area contributed by atoms with E-state index in [1.165, 1.54) is 17.0 Å². The van der Waals surface area contributed by atoms with Crippen molar-refractivity contribution in [1.29, 1.82) is 5.41 Å². The van der Waals surface area contributed by atoms with E-state index >= 15 is 0 Å². The van der Waals surface area contributed by atoms with E-state index < -0.39 is 17.9 Å². The molecule has 20 heavy (non-hydrogen) atoms. The van der Waals surface area contributed by atoms with Gasteiger partial charge in [-0.05, 0) is 31.0 Å². The summed E-state index contributed by atoms with van der Waals surface area (Å²) in [6, 6.07) is 3.62. The number of benzene rings is 1. The van der Waals surface area contributed by atoms with E-state index in [-0.39, 0.29) is 24.4 Å². The number of nitrogens with one attached hydrogen (secondary N) is 1. The maximum Gasteiger partial charge on any atom is 0.393 e. The predicted octanol–water partition coefficient (Wildman–Crippen LogP) is 2.89. The Balaban J connectivity index is 2.29. The molecule has 0 aliphatic carbocycles. The van der Waals surface area contributed by atoms with Crippen molar-refractivity contribution in [1.82, 2.24) is 0 Å². The van der Waals surface area contributed by atoms with Gasteiger partial charge in [-0.1, -0.05) is 0 Å². The summed E-state index contributed by atoms with van der Waals surface area (Å²) in [6.45, 7) is 0.258. The van der Waals surface area contributed by atoms with Gasteiger partial charge in [0.05, 0.1) is 5.92 Å². The van der Waals surface area contributed by atoms with Crippen LogP contribution in [0, 0.1) is 17.1 Å². The van der Waals surface area contributed by atoms with Crippen LogP contribution in [0.25, 0.3) is 0 Å². The van der Waals surface area contributed by atoms with Crippen molar-refractivity contribution in [3.63, 3.8) is 0 Å². The van der Waals surface area contributed by atoms with Crippen LogP contribution in [0.3, 0.4) is 0 Å². The van der Waals surface area contributed by atoms with Crippen molar-refractivity contribution in [3.8, 4) is 0 Å². The minimum atomic E-state index is -4.24. The molecule has 1 aromatic carbocycles. The lowest BCUT2D eigenvalue weighted by Crippen LogP contribution is -2.42. The summed E-state index contributed by atoms with van der Waals surface area (Å²) >= 11 is 0. The first-order valence-electron chi connectivity index (χ1n) is 6.24. The molecule has 3 N–H and O–H groups in total. The molecule has 1 heterocycles.